The average molecular weight is 449 g/mol. The van der Waals surface area contributed by atoms with Gasteiger partial charge in [-0.05, 0) is 29.8 Å². The standard InChI is InChI=1S/C25H19N7O2/c1-2-22(33)28-17-7-16(9-26-10-17)14-3-4-20-18(8-14)24(32-31-20)25-29-21-12-27-11-19(23(21)30-25)15-5-6-34-13-15/h3-13H,2H2,1H3,(H,28,33)(H,29,30)(H,31,32). The van der Waals surface area contributed by atoms with Crippen molar-refractivity contribution < 1.29 is 9.21 Å². The molecular formula is C25H19N7O2. The van der Waals surface area contributed by atoms with Crippen LogP contribution in [0.5, 0.6) is 0 Å². The lowest BCUT2D eigenvalue weighted by molar-refractivity contribution is -0.115. The molecule has 1 aromatic carbocycles. The van der Waals surface area contributed by atoms with Crippen LogP contribution in [0.1, 0.15) is 13.3 Å². The first-order chi connectivity index (χ1) is 16.7. The Morgan fingerprint density at radius 2 is 1.91 bits per heavy atom. The molecule has 5 heterocycles. The number of carbonyl (C=O) groups excluding carboxylic acids is 1. The van der Waals surface area contributed by atoms with Gasteiger partial charge in [0.1, 0.15) is 11.2 Å². The fourth-order valence-corrected chi connectivity index (χ4v) is 3.96. The van der Waals surface area contributed by atoms with Crippen molar-refractivity contribution in [1.29, 1.82) is 0 Å². The minimum absolute atomic E-state index is 0.0549. The predicted molar refractivity (Wildman–Crippen MR) is 129 cm³/mol. The van der Waals surface area contributed by atoms with E-state index in [1.54, 1.807) is 37.3 Å². The second-order valence-corrected chi connectivity index (χ2v) is 7.88. The van der Waals surface area contributed by atoms with Crippen molar-refractivity contribution in [2.45, 2.75) is 13.3 Å². The first-order valence-electron chi connectivity index (χ1n) is 10.8. The smallest absolute Gasteiger partial charge is 0.224 e. The van der Waals surface area contributed by atoms with Gasteiger partial charge >= 0.3 is 0 Å². The number of carbonyl (C=O) groups is 1. The highest BCUT2D eigenvalue weighted by Crippen LogP contribution is 2.33. The van der Waals surface area contributed by atoms with Crippen molar-refractivity contribution in [3.8, 4) is 33.8 Å². The molecule has 166 valence electrons. The molecule has 0 saturated heterocycles. The zero-order valence-electron chi connectivity index (χ0n) is 18.2. The molecule has 1 amide bonds. The molecule has 34 heavy (non-hydrogen) atoms. The fourth-order valence-electron chi connectivity index (χ4n) is 3.96. The van der Waals surface area contributed by atoms with Gasteiger partial charge in [-0.3, -0.25) is 19.9 Å². The number of aromatic nitrogens is 6. The van der Waals surface area contributed by atoms with E-state index in [0.717, 1.165) is 44.2 Å². The largest absolute Gasteiger partial charge is 0.472 e. The van der Waals surface area contributed by atoms with Crippen molar-refractivity contribution >= 4 is 33.5 Å². The second-order valence-electron chi connectivity index (χ2n) is 7.88. The Morgan fingerprint density at radius 1 is 1.00 bits per heavy atom. The van der Waals surface area contributed by atoms with E-state index in [0.29, 0.717) is 23.6 Å². The van der Waals surface area contributed by atoms with Gasteiger partial charge in [-0.15, -0.1) is 0 Å². The third kappa shape index (κ3) is 3.39. The van der Waals surface area contributed by atoms with E-state index in [-0.39, 0.29) is 5.91 Å². The number of furan rings is 1. The maximum absolute atomic E-state index is 11.8. The summed E-state index contributed by atoms with van der Waals surface area (Å²) in [6, 6.07) is 9.79. The van der Waals surface area contributed by atoms with Gasteiger partial charge in [0.2, 0.25) is 5.91 Å². The number of anilines is 1. The molecule has 0 spiro atoms. The van der Waals surface area contributed by atoms with Gasteiger partial charge in [-0.2, -0.15) is 5.10 Å². The molecule has 0 saturated carbocycles. The highest BCUT2D eigenvalue weighted by molar-refractivity contribution is 5.98. The summed E-state index contributed by atoms with van der Waals surface area (Å²) in [5.74, 6) is 0.582. The molecule has 0 aliphatic heterocycles. The van der Waals surface area contributed by atoms with Gasteiger partial charge in [0.05, 0.1) is 41.6 Å². The summed E-state index contributed by atoms with van der Waals surface area (Å²) >= 11 is 0. The van der Waals surface area contributed by atoms with Crippen molar-refractivity contribution in [1.82, 2.24) is 30.1 Å². The summed E-state index contributed by atoms with van der Waals surface area (Å²) in [7, 11) is 0. The Balaban J connectivity index is 1.43. The van der Waals surface area contributed by atoms with E-state index < -0.39 is 0 Å². The molecule has 0 aliphatic carbocycles. The van der Waals surface area contributed by atoms with Crippen molar-refractivity contribution in [3.05, 3.63) is 67.6 Å². The van der Waals surface area contributed by atoms with Gasteiger partial charge in [0, 0.05) is 40.9 Å². The molecule has 3 N–H and O–H groups in total. The van der Waals surface area contributed by atoms with Crippen LogP contribution >= 0.6 is 0 Å². The fraction of sp³-hybridized carbons (Fsp3) is 0.0800. The van der Waals surface area contributed by atoms with Crippen LogP contribution in [0.15, 0.2) is 72.1 Å². The predicted octanol–water partition coefficient (Wildman–Crippen LogP) is 5.17. The number of hydrogen-bond acceptors (Lipinski definition) is 6. The van der Waals surface area contributed by atoms with Gasteiger partial charge in [0.15, 0.2) is 5.82 Å². The first kappa shape index (κ1) is 19.9. The molecule has 0 unspecified atom stereocenters. The summed E-state index contributed by atoms with van der Waals surface area (Å²) in [6.45, 7) is 1.81. The minimum atomic E-state index is -0.0549. The Morgan fingerprint density at radius 3 is 2.76 bits per heavy atom. The number of aromatic amines is 2. The minimum Gasteiger partial charge on any atom is -0.472 e. The number of nitrogens with zero attached hydrogens (tertiary/aromatic N) is 4. The maximum atomic E-state index is 11.8. The maximum Gasteiger partial charge on any atom is 0.224 e. The number of pyridine rings is 2. The number of benzene rings is 1. The Kier molecular flexibility index (Phi) is 4.65. The normalized spacial score (nSPS) is 11.3. The van der Waals surface area contributed by atoms with E-state index in [1.165, 1.54) is 0 Å². The topological polar surface area (TPSA) is 125 Å². The van der Waals surface area contributed by atoms with Crippen molar-refractivity contribution in [2.75, 3.05) is 5.32 Å². The van der Waals surface area contributed by atoms with Crippen molar-refractivity contribution in [3.63, 3.8) is 0 Å². The van der Waals surface area contributed by atoms with Crippen LogP contribution in [0.3, 0.4) is 0 Å². The summed E-state index contributed by atoms with van der Waals surface area (Å²) in [4.78, 5) is 28.6. The van der Waals surface area contributed by atoms with Gasteiger partial charge < -0.3 is 14.7 Å². The summed E-state index contributed by atoms with van der Waals surface area (Å²) < 4.78 is 5.23. The third-order valence-electron chi connectivity index (χ3n) is 5.69. The number of imidazole rings is 1. The number of H-pyrrole nitrogens is 2. The van der Waals surface area contributed by atoms with Gasteiger partial charge in [0.25, 0.3) is 0 Å². The van der Waals surface area contributed by atoms with Crippen molar-refractivity contribution in [2.24, 2.45) is 0 Å². The molecule has 0 radical (unpaired) electrons. The zero-order chi connectivity index (χ0) is 23.1. The van der Waals surface area contributed by atoms with Crippen LogP contribution in [-0.2, 0) is 4.79 Å². The van der Waals surface area contributed by atoms with E-state index in [1.807, 2.05) is 37.3 Å². The quantitative estimate of drug-likeness (QED) is 0.333. The molecule has 9 nitrogen and oxygen atoms in total. The van der Waals surface area contributed by atoms with Crippen LogP contribution in [0.2, 0.25) is 0 Å². The zero-order valence-corrected chi connectivity index (χ0v) is 18.2. The van der Waals surface area contributed by atoms with E-state index in [4.69, 9.17) is 9.40 Å². The first-order valence-corrected chi connectivity index (χ1v) is 10.8. The lowest BCUT2D eigenvalue weighted by atomic mass is 10.0. The number of hydrogen-bond donors (Lipinski definition) is 3. The number of amides is 1. The highest BCUT2D eigenvalue weighted by Gasteiger charge is 2.16. The molecule has 0 bridgehead atoms. The number of fused-ring (bicyclic) bond motifs is 2. The third-order valence-corrected chi connectivity index (χ3v) is 5.69. The molecule has 0 atom stereocenters. The second kappa shape index (κ2) is 7.96. The van der Waals surface area contributed by atoms with Gasteiger partial charge in [-0.25, -0.2) is 4.98 Å². The molecule has 0 fully saturated rings. The molecule has 5 aromatic heterocycles. The Labute approximate surface area is 193 Å². The SMILES string of the molecule is CCC(=O)Nc1cncc(-c2ccc3[nH]nc(-c4nc5c(-c6ccoc6)cncc5[nH]4)c3c2)c1. The Hall–Kier alpha value is -4.79. The van der Waals surface area contributed by atoms with Crippen LogP contribution in [0.4, 0.5) is 5.69 Å². The molecule has 6 rings (SSSR count). The lowest BCUT2D eigenvalue weighted by Gasteiger charge is -2.06. The van der Waals surface area contributed by atoms with E-state index in [9.17, 15) is 4.79 Å². The highest BCUT2D eigenvalue weighted by atomic mass is 16.3. The van der Waals surface area contributed by atoms with Crippen LogP contribution < -0.4 is 5.32 Å². The molecule has 6 aromatic rings. The monoisotopic (exact) mass is 449 g/mol. The number of nitrogens with one attached hydrogen (secondary N) is 3. The van der Waals surface area contributed by atoms with Crippen LogP contribution in [0, 0.1) is 0 Å². The molecule has 0 aliphatic rings. The average Bonchev–Trinajstić information content (AvgIpc) is 3.62. The molecular weight excluding hydrogens is 430 g/mol. The van der Waals surface area contributed by atoms with E-state index >= 15 is 0 Å². The number of rotatable bonds is 5. The molecule has 9 heteroatoms. The van der Waals surface area contributed by atoms with Gasteiger partial charge in [-0.1, -0.05) is 13.0 Å². The Bertz CT molecular complexity index is 1650. The summed E-state index contributed by atoms with van der Waals surface area (Å²) in [5, 5.41) is 11.4. The summed E-state index contributed by atoms with van der Waals surface area (Å²) in [5.41, 5.74) is 7.48. The van der Waals surface area contributed by atoms with E-state index in [2.05, 4.69) is 30.5 Å². The van der Waals surface area contributed by atoms with Crippen LogP contribution in [-0.4, -0.2) is 36.0 Å². The summed E-state index contributed by atoms with van der Waals surface area (Å²) in [6.07, 6.45) is 10.6. The lowest BCUT2D eigenvalue weighted by Crippen LogP contribution is -2.09. The van der Waals surface area contributed by atoms with Crippen LogP contribution in [0.25, 0.3) is 55.7 Å².